The lowest BCUT2D eigenvalue weighted by atomic mass is 10.1. The highest BCUT2D eigenvalue weighted by Crippen LogP contribution is 2.21. The van der Waals surface area contributed by atoms with Gasteiger partial charge in [-0.15, -0.1) is 5.10 Å². The van der Waals surface area contributed by atoms with E-state index < -0.39 is 9.84 Å². The van der Waals surface area contributed by atoms with Crippen LogP contribution >= 0.6 is 0 Å². The summed E-state index contributed by atoms with van der Waals surface area (Å²) >= 11 is 0. The van der Waals surface area contributed by atoms with Crippen LogP contribution in [0.3, 0.4) is 0 Å². The summed E-state index contributed by atoms with van der Waals surface area (Å²) in [7, 11) is -1.54. The highest BCUT2D eigenvalue weighted by atomic mass is 32.2. The van der Waals surface area contributed by atoms with Gasteiger partial charge in [-0.1, -0.05) is 12.1 Å². The van der Waals surface area contributed by atoms with Crippen LogP contribution in [0.15, 0.2) is 35.5 Å². The van der Waals surface area contributed by atoms with Gasteiger partial charge in [0.05, 0.1) is 10.9 Å². The molecule has 0 N–H and O–H groups in total. The standard InChI is InChI=1S/C13H17N5O3S/c1-10(11-4-6-12(7-5-11)22(3,20)21)17(2)13(19)8-18-9-14-15-16-18/h4-7,9-10H,8H2,1-3H3/t10-/m1/s1. The van der Waals surface area contributed by atoms with Gasteiger partial charge in [-0.25, -0.2) is 13.1 Å². The molecule has 0 unspecified atom stereocenters. The number of aromatic nitrogens is 4. The van der Waals surface area contributed by atoms with Gasteiger partial charge in [0.2, 0.25) is 5.91 Å². The SMILES string of the molecule is C[C@H](c1ccc(S(C)(=O)=O)cc1)N(C)C(=O)Cn1cnnn1. The second-order valence-corrected chi connectivity index (χ2v) is 7.04. The van der Waals surface area contributed by atoms with E-state index in [0.717, 1.165) is 11.8 Å². The van der Waals surface area contributed by atoms with Crippen LogP contribution in [0.5, 0.6) is 0 Å². The van der Waals surface area contributed by atoms with Crippen molar-refractivity contribution in [3.05, 3.63) is 36.2 Å². The van der Waals surface area contributed by atoms with Crippen LogP contribution in [0, 0.1) is 0 Å². The van der Waals surface area contributed by atoms with Gasteiger partial charge in [0.1, 0.15) is 12.9 Å². The number of rotatable bonds is 5. The molecular weight excluding hydrogens is 306 g/mol. The van der Waals surface area contributed by atoms with Crippen molar-refractivity contribution in [1.82, 2.24) is 25.1 Å². The fourth-order valence-electron chi connectivity index (χ4n) is 1.94. The molecule has 0 aliphatic carbocycles. The Morgan fingerprint density at radius 3 is 2.45 bits per heavy atom. The number of benzene rings is 1. The van der Waals surface area contributed by atoms with Crippen LogP contribution in [0.25, 0.3) is 0 Å². The van der Waals surface area contributed by atoms with Crippen molar-refractivity contribution in [2.45, 2.75) is 24.4 Å². The molecule has 0 saturated heterocycles. The van der Waals surface area contributed by atoms with Crippen molar-refractivity contribution in [1.29, 1.82) is 0 Å². The molecule has 2 rings (SSSR count). The Hall–Kier alpha value is -2.29. The molecule has 0 saturated carbocycles. The Balaban J connectivity index is 2.09. The summed E-state index contributed by atoms with van der Waals surface area (Å²) in [5.41, 5.74) is 0.847. The lowest BCUT2D eigenvalue weighted by Crippen LogP contribution is -2.32. The molecular formula is C13H17N5O3S. The molecule has 118 valence electrons. The number of carbonyl (C=O) groups is 1. The fourth-order valence-corrected chi connectivity index (χ4v) is 2.57. The summed E-state index contributed by atoms with van der Waals surface area (Å²) in [5.74, 6) is -0.146. The van der Waals surface area contributed by atoms with Crippen molar-refractivity contribution < 1.29 is 13.2 Å². The molecule has 0 aliphatic heterocycles. The van der Waals surface area contributed by atoms with Crippen molar-refractivity contribution in [3.8, 4) is 0 Å². The minimum Gasteiger partial charge on any atom is -0.337 e. The maximum atomic E-state index is 12.2. The van der Waals surface area contributed by atoms with E-state index in [1.165, 1.54) is 11.0 Å². The average Bonchev–Trinajstić information content (AvgIpc) is 2.97. The van der Waals surface area contributed by atoms with Gasteiger partial charge >= 0.3 is 0 Å². The number of hydrogen-bond donors (Lipinski definition) is 0. The van der Waals surface area contributed by atoms with E-state index in [1.807, 2.05) is 6.92 Å². The maximum absolute atomic E-state index is 12.2. The number of likely N-dealkylation sites (N-methyl/N-ethyl adjacent to an activating group) is 1. The zero-order valence-electron chi connectivity index (χ0n) is 12.5. The first-order chi connectivity index (χ1) is 10.3. The predicted octanol–water partition coefficient (Wildman–Crippen LogP) is 0.296. The molecule has 1 aromatic carbocycles. The van der Waals surface area contributed by atoms with Gasteiger partial charge in [-0.2, -0.15) is 0 Å². The number of carbonyl (C=O) groups excluding carboxylic acids is 1. The molecule has 2 aromatic rings. The third kappa shape index (κ3) is 3.67. The van der Waals surface area contributed by atoms with E-state index >= 15 is 0 Å². The molecule has 0 aliphatic rings. The fraction of sp³-hybridized carbons (Fsp3) is 0.385. The van der Waals surface area contributed by atoms with E-state index in [9.17, 15) is 13.2 Å². The van der Waals surface area contributed by atoms with Crippen molar-refractivity contribution in [3.63, 3.8) is 0 Å². The minimum atomic E-state index is -3.22. The minimum absolute atomic E-state index is 0.0509. The van der Waals surface area contributed by atoms with Crippen LogP contribution < -0.4 is 0 Å². The van der Waals surface area contributed by atoms with Gasteiger partial charge in [0.15, 0.2) is 9.84 Å². The molecule has 22 heavy (non-hydrogen) atoms. The Morgan fingerprint density at radius 2 is 1.95 bits per heavy atom. The summed E-state index contributed by atoms with van der Waals surface area (Å²) in [4.78, 5) is 14.0. The summed E-state index contributed by atoms with van der Waals surface area (Å²) in [6, 6.07) is 6.31. The number of hydrogen-bond acceptors (Lipinski definition) is 6. The van der Waals surface area contributed by atoms with Crippen LogP contribution in [-0.4, -0.2) is 52.7 Å². The Morgan fingerprint density at radius 1 is 1.32 bits per heavy atom. The molecule has 1 atom stereocenters. The monoisotopic (exact) mass is 323 g/mol. The predicted molar refractivity (Wildman–Crippen MR) is 78.6 cm³/mol. The third-order valence-electron chi connectivity index (χ3n) is 3.45. The smallest absolute Gasteiger partial charge is 0.244 e. The lowest BCUT2D eigenvalue weighted by molar-refractivity contribution is -0.132. The van der Waals surface area contributed by atoms with E-state index in [4.69, 9.17) is 0 Å². The Bertz CT molecular complexity index is 740. The molecule has 1 amide bonds. The number of tetrazole rings is 1. The van der Waals surface area contributed by atoms with Gasteiger partial charge in [0.25, 0.3) is 0 Å². The third-order valence-corrected chi connectivity index (χ3v) is 4.58. The second-order valence-electron chi connectivity index (χ2n) is 5.03. The second kappa shape index (κ2) is 6.22. The van der Waals surface area contributed by atoms with Crippen LogP contribution in [0.2, 0.25) is 0 Å². The Kier molecular flexibility index (Phi) is 4.55. The average molecular weight is 323 g/mol. The topological polar surface area (TPSA) is 98.1 Å². The Labute approximate surface area is 128 Å². The van der Waals surface area contributed by atoms with Gasteiger partial charge in [-0.05, 0) is 35.0 Å². The zero-order valence-corrected chi connectivity index (χ0v) is 13.4. The molecule has 1 aromatic heterocycles. The highest BCUT2D eigenvalue weighted by molar-refractivity contribution is 7.90. The number of amides is 1. The first-order valence-corrected chi connectivity index (χ1v) is 8.44. The van der Waals surface area contributed by atoms with Gasteiger partial charge < -0.3 is 4.90 Å². The van der Waals surface area contributed by atoms with E-state index in [0.29, 0.717) is 0 Å². The summed E-state index contributed by atoms with van der Waals surface area (Å²) in [6.07, 6.45) is 2.53. The molecule has 9 heteroatoms. The highest BCUT2D eigenvalue weighted by Gasteiger charge is 2.18. The van der Waals surface area contributed by atoms with Crippen molar-refractivity contribution >= 4 is 15.7 Å². The van der Waals surface area contributed by atoms with Crippen LogP contribution in [-0.2, 0) is 21.2 Å². The molecule has 1 heterocycles. The molecule has 0 spiro atoms. The first-order valence-electron chi connectivity index (χ1n) is 6.55. The largest absolute Gasteiger partial charge is 0.337 e. The molecule has 0 fully saturated rings. The van der Waals surface area contributed by atoms with Crippen LogP contribution in [0.4, 0.5) is 0 Å². The summed E-state index contributed by atoms with van der Waals surface area (Å²) in [5, 5.41) is 10.6. The van der Waals surface area contributed by atoms with Gasteiger partial charge in [-0.3, -0.25) is 4.79 Å². The first kappa shape index (κ1) is 16.1. The number of nitrogens with zero attached hydrogens (tertiary/aromatic N) is 5. The molecule has 8 nitrogen and oxygen atoms in total. The maximum Gasteiger partial charge on any atom is 0.244 e. The van der Waals surface area contributed by atoms with Crippen molar-refractivity contribution in [2.75, 3.05) is 13.3 Å². The van der Waals surface area contributed by atoms with E-state index in [2.05, 4.69) is 15.5 Å². The van der Waals surface area contributed by atoms with Crippen LogP contribution in [0.1, 0.15) is 18.5 Å². The molecule has 0 bridgehead atoms. The van der Waals surface area contributed by atoms with E-state index in [-0.39, 0.29) is 23.4 Å². The van der Waals surface area contributed by atoms with Crippen molar-refractivity contribution in [2.24, 2.45) is 0 Å². The quantitative estimate of drug-likeness (QED) is 0.784. The normalized spacial score (nSPS) is 12.9. The number of sulfone groups is 1. The van der Waals surface area contributed by atoms with Gasteiger partial charge in [0, 0.05) is 13.3 Å². The lowest BCUT2D eigenvalue weighted by Gasteiger charge is -2.25. The van der Waals surface area contributed by atoms with E-state index in [1.54, 1.807) is 36.2 Å². The molecule has 0 radical (unpaired) electrons. The summed E-state index contributed by atoms with van der Waals surface area (Å²) < 4.78 is 24.2. The summed E-state index contributed by atoms with van der Waals surface area (Å²) in [6.45, 7) is 1.92. The zero-order chi connectivity index (χ0) is 16.3.